The number of aromatic nitrogens is 1. The Morgan fingerprint density at radius 1 is 1.48 bits per heavy atom. The standard InChI is InChI=1S/C13H15ClFN3OS2/c1-7(2)21(19)18-12(11-6-17-13(16)20-11)9-4-3-8(15)5-10(9)14/h3-7,12,18H,1-2H3,(H2,16,17). The van der Waals surface area contributed by atoms with Crippen molar-refractivity contribution in [2.24, 2.45) is 0 Å². The molecule has 21 heavy (non-hydrogen) atoms. The van der Waals surface area contributed by atoms with E-state index >= 15 is 0 Å². The van der Waals surface area contributed by atoms with Crippen LogP contribution in [0, 0.1) is 5.82 Å². The van der Waals surface area contributed by atoms with E-state index in [9.17, 15) is 8.60 Å². The van der Waals surface area contributed by atoms with Crippen LogP contribution >= 0.6 is 22.9 Å². The van der Waals surface area contributed by atoms with E-state index in [0.29, 0.717) is 10.7 Å². The molecule has 0 saturated carbocycles. The number of rotatable bonds is 5. The molecule has 2 unspecified atom stereocenters. The monoisotopic (exact) mass is 347 g/mol. The van der Waals surface area contributed by atoms with Gasteiger partial charge in [0.1, 0.15) is 5.82 Å². The van der Waals surface area contributed by atoms with Gasteiger partial charge in [-0.2, -0.15) is 0 Å². The molecule has 2 aromatic rings. The Morgan fingerprint density at radius 3 is 2.71 bits per heavy atom. The van der Waals surface area contributed by atoms with Crippen LogP contribution < -0.4 is 10.5 Å². The fourth-order valence-corrected chi connectivity index (χ4v) is 3.56. The maximum Gasteiger partial charge on any atom is 0.180 e. The first kappa shape index (κ1) is 16.4. The molecule has 2 rings (SSSR count). The number of thiazole rings is 1. The van der Waals surface area contributed by atoms with Gasteiger partial charge in [-0.25, -0.2) is 18.3 Å². The van der Waals surface area contributed by atoms with Crippen molar-refractivity contribution >= 4 is 39.1 Å². The second-order valence-corrected chi connectivity index (χ2v) is 7.94. The Morgan fingerprint density at radius 2 is 2.19 bits per heavy atom. The van der Waals surface area contributed by atoms with E-state index in [1.165, 1.54) is 23.5 Å². The third-order valence-corrected chi connectivity index (χ3v) is 5.30. The molecular formula is C13H15ClFN3OS2. The molecule has 0 aliphatic carbocycles. The van der Waals surface area contributed by atoms with Crippen molar-refractivity contribution in [2.45, 2.75) is 25.1 Å². The number of benzene rings is 1. The lowest BCUT2D eigenvalue weighted by molar-refractivity contribution is 0.625. The van der Waals surface area contributed by atoms with Crippen molar-refractivity contribution in [2.75, 3.05) is 5.73 Å². The molecule has 0 spiro atoms. The van der Waals surface area contributed by atoms with Crippen molar-refractivity contribution in [1.29, 1.82) is 0 Å². The summed E-state index contributed by atoms with van der Waals surface area (Å²) in [5.74, 6) is -0.420. The lowest BCUT2D eigenvalue weighted by Gasteiger charge is -2.19. The molecule has 0 aliphatic heterocycles. The SMILES string of the molecule is CC(C)S(=O)NC(c1cnc(N)s1)c1ccc(F)cc1Cl. The van der Waals surface area contributed by atoms with Gasteiger partial charge in [-0.3, -0.25) is 0 Å². The smallest absolute Gasteiger partial charge is 0.180 e. The molecule has 0 radical (unpaired) electrons. The number of nitrogens with zero attached hydrogens (tertiary/aromatic N) is 1. The first-order valence-electron chi connectivity index (χ1n) is 6.21. The second kappa shape index (κ2) is 6.83. The van der Waals surface area contributed by atoms with Crippen LogP contribution in [-0.2, 0) is 11.0 Å². The first-order valence-corrected chi connectivity index (χ1v) is 8.62. The first-order chi connectivity index (χ1) is 9.88. The van der Waals surface area contributed by atoms with E-state index in [4.69, 9.17) is 17.3 Å². The maximum absolute atomic E-state index is 13.2. The summed E-state index contributed by atoms with van der Waals surface area (Å²) in [6.45, 7) is 3.68. The molecule has 0 bridgehead atoms. The van der Waals surface area contributed by atoms with Gasteiger partial charge >= 0.3 is 0 Å². The highest BCUT2D eigenvalue weighted by Gasteiger charge is 2.22. The zero-order valence-electron chi connectivity index (χ0n) is 11.5. The van der Waals surface area contributed by atoms with Crippen LogP contribution in [0.15, 0.2) is 24.4 Å². The van der Waals surface area contributed by atoms with E-state index in [1.54, 1.807) is 12.3 Å². The van der Waals surface area contributed by atoms with Crippen LogP contribution in [0.1, 0.15) is 30.3 Å². The predicted molar refractivity (Wildman–Crippen MR) is 86.2 cm³/mol. The Kier molecular flexibility index (Phi) is 5.32. The fraction of sp³-hybridized carbons (Fsp3) is 0.308. The van der Waals surface area contributed by atoms with E-state index in [2.05, 4.69) is 9.71 Å². The molecule has 4 nitrogen and oxygen atoms in total. The molecule has 2 atom stereocenters. The molecule has 114 valence electrons. The van der Waals surface area contributed by atoms with Crippen LogP contribution in [0.2, 0.25) is 5.02 Å². The number of hydrogen-bond acceptors (Lipinski definition) is 4. The summed E-state index contributed by atoms with van der Waals surface area (Å²) in [5, 5.41) is 0.600. The minimum absolute atomic E-state index is 0.0722. The van der Waals surface area contributed by atoms with E-state index in [0.717, 1.165) is 4.88 Å². The Bertz CT molecular complexity index is 663. The van der Waals surface area contributed by atoms with Gasteiger partial charge in [-0.05, 0) is 31.5 Å². The van der Waals surface area contributed by atoms with Gasteiger partial charge in [0.05, 0.1) is 17.0 Å². The van der Waals surface area contributed by atoms with Crippen LogP contribution in [0.5, 0.6) is 0 Å². The quantitative estimate of drug-likeness (QED) is 0.872. The van der Waals surface area contributed by atoms with E-state index < -0.39 is 22.8 Å². The zero-order valence-corrected chi connectivity index (χ0v) is 13.9. The maximum atomic E-state index is 13.2. The lowest BCUT2D eigenvalue weighted by Crippen LogP contribution is -2.29. The molecule has 1 heterocycles. The zero-order chi connectivity index (χ0) is 15.6. The number of nitrogen functional groups attached to an aromatic ring is 1. The van der Waals surface area contributed by atoms with Crippen molar-refractivity contribution in [3.05, 3.63) is 45.7 Å². The second-order valence-electron chi connectivity index (χ2n) is 4.66. The average Bonchev–Trinajstić information content (AvgIpc) is 2.83. The fourth-order valence-electron chi connectivity index (χ4n) is 1.70. The normalized spacial score (nSPS) is 14.3. The third-order valence-electron chi connectivity index (χ3n) is 2.76. The van der Waals surface area contributed by atoms with Gasteiger partial charge in [0.15, 0.2) is 5.13 Å². The minimum atomic E-state index is -1.27. The van der Waals surface area contributed by atoms with Gasteiger partial charge in [-0.15, -0.1) is 11.3 Å². The van der Waals surface area contributed by atoms with Gasteiger partial charge in [0.25, 0.3) is 0 Å². The van der Waals surface area contributed by atoms with E-state index in [1.807, 2.05) is 13.8 Å². The van der Waals surface area contributed by atoms with E-state index in [-0.39, 0.29) is 10.3 Å². The number of halogens is 2. The largest absolute Gasteiger partial charge is 0.375 e. The third kappa shape index (κ3) is 4.00. The molecule has 0 saturated heterocycles. The summed E-state index contributed by atoms with van der Waals surface area (Å²) >= 11 is 7.39. The molecule has 1 aromatic heterocycles. The molecule has 1 aromatic carbocycles. The van der Waals surface area contributed by atoms with Crippen LogP contribution in [0.3, 0.4) is 0 Å². The number of nitrogens with one attached hydrogen (secondary N) is 1. The van der Waals surface area contributed by atoms with Crippen LogP contribution in [0.25, 0.3) is 0 Å². The van der Waals surface area contributed by atoms with Crippen molar-refractivity contribution < 1.29 is 8.60 Å². The van der Waals surface area contributed by atoms with Gasteiger partial charge in [-0.1, -0.05) is 17.7 Å². The molecule has 3 N–H and O–H groups in total. The van der Waals surface area contributed by atoms with Gasteiger partial charge in [0.2, 0.25) is 0 Å². The molecule has 0 amide bonds. The number of hydrogen-bond donors (Lipinski definition) is 2. The van der Waals surface area contributed by atoms with Gasteiger partial charge in [0, 0.05) is 21.3 Å². The van der Waals surface area contributed by atoms with Crippen molar-refractivity contribution in [3.63, 3.8) is 0 Å². The minimum Gasteiger partial charge on any atom is -0.375 e. The highest BCUT2D eigenvalue weighted by molar-refractivity contribution is 7.83. The molecular weight excluding hydrogens is 333 g/mol. The summed E-state index contributed by atoms with van der Waals surface area (Å²) in [5.41, 5.74) is 6.29. The molecule has 0 fully saturated rings. The summed E-state index contributed by atoms with van der Waals surface area (Å²) < 4.78 is 28.3. The average molecular weight is 348 g/mol. The number of nitrogens with two attached hydrogens (primary N) is 1. The Balaban J connectivity index is 2.42. The Hall–Kier alpha value is -1.02. The highest BCUT2D eigenvalue weighted by atomic mass is 35.5. The number of anilines is 1. The summed E-state index contributed by atoms with van der Waals surface area (Å²) in [4.78, 5) is 4.78. The topological polar surface area (TPSA) is 68.0 Å². The highest BCUT2D eigenvalue weighted by Crippen LogP contribution is 2.33. The van der Waals surface area contributed by atoms with Crippen LogP contribution in [0.4, 0.5) is 9.52 Å². The molecule has 8 heteroatoms. The summed E-state index contributed by atoms with van der Waals surface area (Å²) in [7, 11) is -1.27. The summed E-state index contributed by atoms with van der Waals surface area (Å²) in [6, 6.07) is 3.67. The van der Waals surface area contributed by atoms with Crippen molar-refractivity contribution in [1.82, 2.24) is 9.71 Å². The Labute approximate surface area is 134 Å². The van der Waals surface area contributed by atoms with Crippen LogP contribution in [-0.4, -0.2) is 14.4 Å². The lowest BCUT2D eigenvalue weighted by atomic mass is 10.1. The predicted octanol–water partition coefficient (Wildman–Crippen LogP) is 3.27. The summed E-state index contributed by atoms with van der Waals surface area (Å²) in [6.07, 6.45) is 1.61. The molecule has 0 aliphatic rings. The van der Waals surface area contributed by atoms with Crippen molar-refractivity contribution in [3.8, 4) is 0 Å². The van der Waals surface area contributed by atoms with Gasteiger partial charge < -0.3 is 5.73 Å².